The van der Waals surface area contributed by atoms with Gasteiger partial charge in [0, 0.05) is 6.42 Å². The Morgan fingerprint density at radius 1 is 1.24 bits per heavy atom. The molecule has 0 aromatic rings. The lowest BCUT2D eigenvalue weighted by atomic mass is 9.85. The molecule has 0 fully saturated rings. The molecule has 0 aromatic carbocycles. The van der Waals surface area contributed by atoms with Gasteiger partial charge in [0.15, 0.2) is 0 Å². The summed E-state index contributed by atoms with van der Waals surface area (Å²) in [7, 11) is 0. The van der Waals surface area contributed by atoms with Gasteiger partial charge in [-0.3, -0.25) is 4.79 Å². The quantitative estimate of drug-likeness (QED) is 0.700. The van der Waals surface area contributed by atoms with E-state index in [0.717, 1.165) is 0 Å². The number of carbonyl (C=O) groups excluding carboxylic acids is 1. The number of rotatable bonds is 6. The molecule has 0 aliphatic carbocycles. The normalized spacial score (nSPS) is 15.8. The molecule has 0 aromatic heterocycles. The first-order valence-corrected chi connectivity index (χ1v) is 6.14. The molecule has 2 unspecified atom stereocenters. The second-order valence-corrected chi connectivity index (χ2v) is 6.05. The van der Waals surface area contributed by atoms with Crippen LogP contribution in [0.3, 0.4) is 0 Å². The van der Waals surface area contributed by atoms with Crippen LogP contribution in [0.1, 0.15) is 47.5 Å². The van der Waals surface area contributed by atoms with E-state index in [9.17, 15) is 15.0 Å². The van der Waals surface area contributed by atoms with E-state index in [0.29, 0.717) is 6.61 Å². The minimum atomic E-state index is -0.844. The van der Waals surface area contributed by atoms with E-state index >= 15 is 0 Å². The Labute approximate surface area is 104 Å². The molecule has 0 amide bonds. The summed E-state index contributed by atoms with van der Waals surface area (Å²) in [6.45, 7) is 9.94. The molecule has 0 saturated carbocycles. The standard InChI is InChI=1S/C13H26O4/c1-9(2)8-17-12(16)7-10(14)6-11(15)13(3,4)5/h9-11,14-15H,6-8H2,1-5H3. The second kappa shape index (κ2) is 6.97. The van der Waals surface area contributed by atoms with Gasteiger partial charge in [0.25, 0.3) is 0 Å². The molecule has 0 aliphatic heterocycles. The first kappa shape index (κ1) is 16.4. The molecule has 0 spiro atoms. The predicted octanol–water partition coefficient (Wildman–Crippen LogP) is 1.73. The van der Waals surface area contributed by atoms with Gasteiger partial charge in [0.05, 0.1) is 25.2 Å². The number of aliphatic hydroxyl groups is 2. The second-order valence-electron chi connectivity index (χ2n) is 6.05. The van der Waals surface area contributed by atoms with Crippen LogP contribution in [0.4, 0.5) is 0 Å². The first-order chi connectivity index (χ1) is 7.62. The minimum Gasteiger partial charge on any atom is -0.465 e. The van der Waals surface area contributed by atoms with Gasteiger partial charge in [-0.15, -0.1) is 0 Å². The van der Waals surface area contributed by atoms with E-state index in [1.165, 1.54) is 0 Å². The van der Waals surface area contributed by atoms with Gasteiger partial charge in [-0.25, -0.2) is 0 Å². The highest BCUT2D eigenvalue weighted by molar-refractivity contribution is 5.69. The topological polar surface area (TPSA) is 66.8 Å². The molecule has 0 aliphatic rings. The summed E-state index contributed by atoms with van der Waals surface area (Å²) >= 11 is 0. The van der Waals surface area contributed by atoms with Crippen LogP contribution in [0.2, 0.25) is 0 Å². The summed E-state index contributed by atoms with van der Waals surface area (Å²) in [6, 6.07) is 0. The Hall–Kier alpha value is -0.610. The molecular formula is C13H26O4. The van der Waals surface area contributed by atoms with Crippen LogP contribution < -0.4 is 0 Å². The highest BCUT2D eigenvalue weighted by atomic mass is 16.5. The molecule has 4 nitrogen and oxygen atoms in total. The summed E-state index contributed by atoms with van der Waals surface area (Å²) in [6.07, 6.45) is -1.33. The van der Waals surface area contributed by atoms with Crippen molar-refractivity contribution >= 4 is 5.97 Å². The number of hydrogen-bond donors (Lipinski definition) is 2. The maximum absolute atomic E-state index is 11.3. The van der Waals surface area contributed by atoms with E-state index in [2.05, 4.69) is 0 Å². The van der Waals surface area contributed by atoms with Crippen LogP contribution in [0.5, 0.6) is 0 Å². The first-order valence-electron chi connectivity index (χ1n) is 6.14. The lowest BCUT2D eigenvalue weighted by Crippen LogP contribution is -2.31. The van der Waals surface area contributed by atoms with E-state index in [1.54, 1.807) is 0 Å². The third-order valence-corrected chi connectivity index (χ3v) is 2.47. The average molecular weight is 246 g/mol. The van der Waals surface area contributed by atoms with Crippen molar-refractivity contribution in [1.29, 1.82) is 0 Å². The molecule has 0 rings (SSSR count). The molecule has 0 saturated heterocycles. The van der Waals surface area contributed by atoms with E-state index in [4.69, 9.17) is 4.74 Å². The zero-order chi connectivity index (χ0) is 13.6. The Kier molecular flexibility index (Phi) is 6.72. The predicted molar refractivity (Wildman–Crippen MR) is 66.5 cm³/mol. The van der Waals surface area contributed by atoms with Crippen LogP contribution >= 0.6 is 0 Å². The fraction of sp³-hybridized carbons (Fsp3) is 0.923. The molecule has 102 valence electrons. The van der Waals surface area contributed by atoms with E-state index in [-0.39, 0.29) is 24.2 Å². The van der Waals surface area contributed by atoms with Crippen molar-refractivity contribution < 1.29 is 19.7 Å². The van der Waals surface area contributed by atoms with Crippen molar-refractivity contribution in [3.05, 3.63) is 0 Å². The summed E-state index contributed by atoms with van der Waals surface area (Å²) in [5.41, 5.74) is -0.289. The van der Waals surface area contributed by atoms with Crippen LogP contribution in [-0.2, 0) is 9.53 Å². The fourth-order valence-corrected chi connectivity index (χ4v) is 1.21. The van der Waals surface area contributed by atoms with Crippen molar-refractivity contribution in [1.82, 2.24) is 0 Å². The third kappa shape index (κ3) is 8.16. The van der Waals surface area contributed by atoms with Crippen LogP contribution in [0.25, 0.3) is 0 Å². The van der Waals surface area contributed by atoms with Gasteiger partial charge in [-0.1, -0.05) is 34.6 Å². The summed E-state index contributed by atoms with van der Waals surface area (Å²) in [5.74, 6) is -0.122. The number of ether oxygens (including phenoxy) is 1. The fourth-order valence-electron chi connectivity index (χ4n) is 1.21. The molecule has 2 N–H and O–H groups in total. The number of carbonyl (C=O) groups is 1. The van der Waals surface area contributed by atoms with Crippen molar-refractivity contribution in [3.63, 3.8) is 0 Å². The maximum atomic E-state index is 11.3. The van der Waals surface area contributed by atoms with Crippen molar-refractivity contribution in [2.45, 2.75) is 59.7 Å². The molecule has 0 radical (unpaired) electrons. The van der Waals surface area contributed by atoms with Crippen LogP contribution in [0, 0.1) is 11.3 Å². The maximum Gasteiger partial charge on any atom is 0.308 e. The van der Waals surface area contributed by atoms with Gasteiger partial charge in [-0.05, 0) is 11.3 Å². The molecule has 0 heterocycles. The Morgan fingerprint density at radius 2 is 1.76 bits per heavy atom. The summed E-state index contributed by atoms with van der Waals surface area (Å²) in [5, 5.41) is 19.4. The van der Waals surface area contributed by atoms with Gasteiger partial charge in [0.1, 0.15) is 0 Å². The SMILES string of the molecule is CC(C)COC(=O)CC(O)CC(O)C(C)(C)C. The molecule has 17 heavy (non-hydrogen) atoms. The zero-order valence-electron chi connectivity index (χ0n) is 11.6. The van der Waals surface area contributed by atoms with Gasteiger partial charge < -0.3 is 14.9 Å². The molecule has 2 atom stereocenters. The molecule has 4 heteroatoms. The smallest absolute Gasteiger partial charge is 0.308 e. The highest BCUT2D eigenvalue weighted by Crippen LogP contribution is 2.23. The summed E-state index contributed by atoms with van der Waals surface area (Å²) in [4.78, 5) is 11.3. The van der Waals surface area contributed by atoms with Gasteiger partial charge in [0.2, 0.25) is 0 Å². The van der Waals surface area contributed by atoms with Crippen molar-refractivity contribution in [3.8, 4) is 0 Å². The number of aliphatic hydroxyl groups excluding tert-OH is 2. The van der Waals surface area contributed by atoms with Gasteiger partial charge >= 0.3 is 5.97 Å². The lowest BCUT2D eigenvalue weighted by Gasteiger charge is -2.27. The average Bonchev–Trinajstić information content (AvgIpc) is 2.12. The van der Waals surface area contributed by atoms with Crippen molar-refractivity contribution in [2.24, 2.45) is 11.3 Å². The van der Waals surface area contributed by atoms with Crippen LogP contribution in [0.15, 0.2) is 0 Å². The minimum absolute atomic E-state index is 0.0557. The Morgan fingerprint density at radius 3 is 2.18 bits per heavy atom. The third-order valence-electron chi connectivity index (χ3n) is 2.47. The van der Waals surface area contributed by atoms with Gasteiger partial charge in [-0.2, -0.15) is 0 Å². The highest BCUT2D eigenvalue weighted by Gasteiger charge is 2.25. The molecular weight excluding hydrogens is 220 g/mol. The molecule has 0 bridgehead atoms. The lowest BCUT2D eigenvalue weighted by molar-refractivity contribution is -0.147. The summed E-state index contributed by atoms with van der Waals surface area (Å²) < 4.78 is 4.96. The number of hydrogen-bond acceptors (Lipinski definition) is 4. The Bertz CT molecular complexity index is 230. The Balaban J connectivity index is 3.93. The largest absolute Gasteiger partial charge is 0.465 e. The number of esters is 1. The zero-order valence-corrected chi connectivity index (χ0v) is 11.6. The van der Waals surface area contributed by atoms with E-state index < -0.39 is 18.2 Å². The monoisotopic (exact) mass is 246 g/mol. The van der Waals surface area contributed by atoms with E-state index in [1.807, 2.05) is 34.6 Å². The van der Waals surface area contributed by atoms with Crippen molar-refractivity contribution in [2.75, 3.05) is 6.61 Å². The van der Waals surface area contributed by atoms with Crippen LogP contribution in [-0.4, -0.2) is 35.0 Å².